The third kappa shape index (κ3) is 4.82. The molecule has 1 fully saturated rings. The highest BCUT2D eigenvalue weighted by Crippen LogP contribution is 2.28. The van der Waals surface area contributed by atoms with Crippen LogP contribution in [0.25, 0.3) is 0 Å². The lowest BCUT2D eigenvalue weighted by Crippen LogP contribution is -2.32. The number of carbonyl (C=O) groups excluding carboxylic acids is 1. The van der Waals surface area contributed by atoms with Gasteiger partial charge in [-0.15, -0.1) is 0 Å². The number of ether oxygens (including phenoxy) is 1. The second-order valence-corrected chi connectivity index (χ2v) is 6.50. The Morgan fingerprint density at radius 2 is 2.07 bits per heavy atom. The van der Waals surface area contributed by atoms with Crippen molar-refractivity contribution in [1.29, 1.82) is 0 Å². The quantitative estimate of drug-likeness (QED) is 0.452. The summed E-state index contributed by atoms with van der Waals surface area (Å²) in [4.78, 5) is 24.9. The topological polar surface area (TPSA) is 103 Å². The molecule has 0 unspecified atom stereocenters. The molecule has 0 aliphatic carbocycles. The van der Waals surface area contributed by atoms with E-state index in [1.165, 1.54) is 44.6 Å². The number of carbonyl (C=O) groups is 1. The van der Waals surface area contributed by atoms with Gasteiger partial charge in [-0.25, -0.2) is 4.79 Å². The summed E-state index contributed by atoms with van der Waals surface area (Å²) in [6, 6.07) is 4.07. The fourth-order valence-corrected chi connectivity index (χ4v) is 3.17. The van der Waals surface area contributed by atoms with Crippen LogP contribution in [0.1, 0.15) is 29.6 Å². The predicted octanol–water partition coefficient (Wildman–Crippen LogP) is 2.81. The number of anilines is 2. The highest BCUT2D eigenvalue weighted by molar-refractivity contribution is 5.92. The van der Waals surface area contributed by atoms with Crippen LogP contribution in [0.5, 0.6) is 0 Å². The van der Waals surface area contributed by atoms with Crippen molar-refractivity contribution >= 4 is 23.0 Å². The molecule has 2 aromatic rings. The molecule has 1 saturated heterocycles. The van der Waals surface area contributed by atoms with E-state index in [2.05, 4.69) is 20.1 Å². The Kier molecular flexibility index (Phi) is 6.02. The lowest BCUT2D eigenvalue weighted by atomic mass is 10.1. The average molecular weight is 373 g/mol. The summed E-state index contributed by atoms with van der Waals surface area (Å²) in [6.07, 6.45) is 7.21. The molecule has 1 aromatic carbocycles. The molecule has 9 heteroatoms. The number of benzene rings is 1. The molecular formula is C18H23N5O4. The molecule has 0 atom stereocenters. The SMILES string of the molecule is COC(=O)c1ccc([N+](=O)[O-])c(Nc2cnn(CCN3CCCCC3)c2)c1. The summed E-state index contributed by atoms with van der Waals surface area (Å²) in [6.45, 7) is 3.93. The van der Waals surface area contributed by atoms with E-state index in [0.717, 1.165) is 26.2 Å². The van der Waals surface area contributed by atoms with Crippen molar-refractivity contribution in [2.45, 2.75) is 25.8 Å². The van der Waals surface area contributed by atoms with Gasteiger partial charge in [0.05, 0.1) is 36.0 Å². The van der Waals surface area contributed by atoms with E-state index in [1.54, 1.807) is 12.4 Å². The smallest absolute Gasteiger partial charge is 0.337 e. The second kappa shape index (κ2) is 8.63. The van der Waals surface area contributed by atoms with Crippen molar-refractivity contribution in [3.8, 4) is 0 Å². The summed E-state index contributed by atoms with van der Waals surface area (Å²) in [5.74, 6) is -0.551. The van der Waals surface area contributed by atoms with Gasteiger partial charge < -0.3 is 15.0 Å². The van der Waals surface area contributed by atoms with E-state index >= 15 is 0 Å². The van der Waals surface area contributed by atoms with Crippen molar-refractivity contribution in [2.24, 2.45) is 0 Å². The van der Waals surface area contributed by atoms with Crippen molar-refractivity contribution < 1.29 is 14.5 Å². The minimum Gasteiger partial charge on any atom is -0.465 e. The van der Waals surface area contributed by atoms with Crippen LogP contribution in [-0.4, -0.2) is 52.3 Å². The molecule has 0 amide bonds. The first-order chi connectivity index (χ1) is 13.1. The number of nitrogens with one attached hydrogen (secondary N) is 1. The molecule has 1 aliphatic heterocycles. The Balaban J connectivity index is 1.70. The van der Waals surface area contributed by atoms with Crippen LogP contribution in [-0.2, 0) is 11.3 Å². The van der Waals surface area contributed by atoms with Gasteiger partial charge in [0.25, 0.3) is 5.69 Å². The van der Waals surface area contributed by atoms with Gasteiger partial charge in [0.1, 0.15) is 5.69 Å². The minimum atomic E-state index is -0.551. The Morgan fingerprint density at radius 3 is 2.78 bits per heavy atom. The van der Waals surface area contributed by atoms with Gasteiger partial charge in [-0.3, -0.25) is 14.8 Å². The maximum Gasteiger partial charge on any atom is 0.337 e. The zero-order chi connectivity index (χ0) is 19.2. The highest BCUT2D eigenvalue weighted by atomic mass is 16.6. The van der Waals surface area contributed by atoms with Gasteiger partial charge in [-0.05, 0) is 38.1 Å². The third-order valence-corrected chi connectivity index (χ3v) is 4.62. The number of nitro groups is 1. The molecule has 0 spiro atoms. The maximum absolute atomic E-state index is 11.7. The highest BCUT2D eigenvalue weighted by Gasteiger charge is 2.18. The largest absolute Gasteiger partial charge is 0.465 e. The summed E-state index contributed by atoms with van der Waals surface area (Å²) >= 11 is 0. The number of likely N-dealkylation sites (tertiary alicyclic amines) is 1. The number of esters is 1. The first-order valence-electron chi connectivity index (χ1n) is 8.95. The fraction of sp³-hybridized carbons (Fsp3) is 0.444. The molecule has 2 heterocycles. The summed E-state index contributed by atoms with van der Waals surface area (Å²) < 4.78 is 6.49. The van der Waals surface area contributed by atoms with E-state index < -0.39 is 10.9 Å². The van der Waals surface area contributed by atoms with Gasteiger partial charge in [0.2, 0.25) is 0 Å². The number of hydrogen-bond acceptors (Lipinski definition) is 7. The normalized spacial score (nSPS) is 14.7. The average Bonchev–Trinajstić information content (AvgIpc) is 3.13. The van der Waals surface area contributed by atoms with E-state index in [1.807, 2.05) is 4.68 Å². The molecule has 0 bridgehead atoms. The zero-order valence-corrected chi connectivity index (χ0v) is 15.3. The molecule has 9 nitrogen and oxygen atoms in total. The molecule has 0 saturated carbocycles. The molecule has 27 heavy (non-hydrogen) atoms. The minimum absolute atomic E-state index is 0.122. The van der Waals surface area contributed by atoms with Crippen LogP contribution in [0.3, 0.4) is 0 Å². The first-order valence-corrected chi connectivity index (χ1v) is 8.95. The van der Waals surface area contributed by atoms with Crippen LogP contribution in [0.15, 0.2) is 30.6 Å². The van der Waals surface area contributed by atoms with Crippen LogP contribution >= 0.6 is 0 Å². The van der Waals surface area contributed by atoms with Gasteiger partial charge in [-0.2, -0.15) is 5.10 Å². The van der Waals surface area contributed by atoms with Gasteiger partial charge >= 0.3 is 5.97 Å². The maximum atomic E-state index is 11.7. The van der Waals surface area contributed by atoms with Crippen LogP contribution in [0.4, 0.5) is 17.1 Å². The fourth-order valence-electron chi connectivity index (χ4n) is 3.17. The Bertz CT molecular complexity index is 814. The van der Waals surface area contributed by atoms with E-state index in [4.69, 9.17) is 0 Å². The molecule has 1 aliphatic rings. The zero-order valence-electron chi connectivity index (χ0n) is 15.3. The van der Waals surface area contributed by atoms with Gasteiger partial charge in [0.15, 0.2) is 0 Å². The Hall–Kier alpha value is -2.94. The monoisotopic (exact) mass is 373 g/mol. The molecule has 1 N–H and O–H groups in total. The van der Waals surface area contributed by atoms with E-state index in [9.17, 15) is 14.9 Å². The first kappa shape index (κ1) is 18.8. The van der Waals surface area contributed by atoms with Gasteiger partial charge in [-0.1, -0.05) is 6.42 Å². The predicted molar refractivity (Wildman–Crippen MR) is 100 cm³/mol. The van der Waals surface area contributed by atoms with Crippen LogP contribution in [0, 0.1) is 10.1 Å². The number of methoxy groups -OCH3 is 1. The molecular weight excluding hydrogens is 350 g/mol. The molecule has 144 valence electrons. The van der Waals surface area contributed by atoms with Crippen molar-refractivity contribution in [3.63, 3.8) is 0 Å². The number of hydrogen-bond donors (Lipinski definition) is 1. The number of piperidine rings is 1. The number of rotatable bonds is 7. The molecule has 3 rings (SSSR count). The second-order valence-electron chi connectivity index (χ2n) is 6.50. The number of nitro benzene ring substituents is 1. The van der Waals surface area contributed by atoms with Crippen molar-refractivity contribution in [1.82, 2.24) is 14.7 Å². The van der Waals surface area contributed by atoms with Crippen LogP contribution in [0.2, 0.25) is 0 Å². The van der Waals surface area contributed by atoms with Crippen molar-refractivity contribution in [3.05, 3.63) is 46.3 Å². The van der Waals surface area contributed by atoms with Crippen LogP contribution < -0.4 is 5.32 Å². The van der Waals surface area contributed by atoms with E-state index in [-0.39, 0.29) is 16.9 Å². The van der Waals surface area contributed by atoms with Gasteiger partial charge in [0, 0.05) is 18.8 Å². The number of nitrogens with zero attached hydrogens (tertiary/aromatic N) is 4. The summed E-state index contributed by atoms with van der Waals surface area (Å²) in [7, 11) is 1.27. The standard InChI is InChI=1S/C18H23N5O4/c1-27-18(24)14-5-6-17(23(25)26)16(11-14)20-15-12-19-22(13-15)10-9-21-7-3-2-4-8-21/h5-6,11-13,20H,2-4,7-10H2,1H3. The lowest BCUT2D eigenvalue weighted by molar-refractivity contribution is -0.383. The third-order valence-electron chi connectivity index (χ3n) is 4.62. The Labute approximate surface area is 157 Å². The summed E-state index contributed by atoms with van der Waals surface area (Å²) in [5.41, 5.74) is 0.962. The Morgan fingerprint density at radius 1 is 1.30 bits per heavy atom. The molecule has 1 aromatic heterocycles. The number of aromatic nitrogens is 2. The van der Waals surface area contributed by atoms with Crippen molar-refractivity contribution in [2.75, 3.05) is 32.1 Å². The van der Waals surface area contributed by atoms with E-state index in [0.29, 0.717) is 5.69 Å². The lowest BCUT2D eigenvalue weighted by Gasteiger charge is -2.26. The summed E-state index contributed by atoms with van der Waals surface area (Å²) in [5, 5.41) is 18.6. The molecule has 0 radical (unpaired) electrons.